The van der Waals surface area contributed by atoms with Gasteiger partial charge in [-0.05, 0) is 42.0 Å². The van der Waals surface area contributed by atoms with E-state index in [9.17, 15) is 13.2 Å². The highest BCUT2D eigenvalue weighted by atomic mass is 32.2. The molecule has 0 aliphatic carbocycles. The van der Waals surface area contributed by atoms with Gasteiger partial charge in [-0.3, -0.25) is 9.36 Å². The zero-order chi connectivity index (χ0) is 22.6. The molecule has 2 aromatic carbocycles. The number of carbonyl (C=O) groups excluding carboxylic acids is 1. The van der Waals surface area contributed by atoms with Crippen molar-refractivity contribution in [2.24, 2.45) is 5.14 Å². The molecule has 2 aromatic heterocycles. The highest BCUT2D eigenvalue weighted by molar-refractivity contribution is 7.99. The summed E-state index contributed by atoms with van der Waals surface area (Å²) >= 11 is 1.24. The molecule has 1 amide bonds. The Morgan fingerprint density at radius 2 is 1.78 bits per heavy atom. The Bertz CT molecular complexity index is 1300. The summed E-state index contributed by atoms with van der Waals surface area (Å²) in [5.74, 6) is 0.967. The van der Waals surface area contributed by atoms with Crippen LogP contribution < -0.4 is 10.5 Å². The Morgan fingerprint density at radius 1 is 1.03 bits per heavy atom. The fourth-order valence-electron chi connectivity index (χ4n) is 2.95. The fraction of sp³-hybridized carbons (Fsp3) is 0.0952. The van der Waals surface area contributed by atoms with Crippen LogP contribution in [0.25, 0.3) is 11.6 Å². The number of carbonyl (C=O) groups is 1. The SMILES string of the molecule is NS(=O)(=O)c1ccc(NC(=O)CSc2nnc(-c3ccco3)n2Cc2ccccc2)cc1. The molecule has 0 fully saturated rings. The van der Waals surface area contributed by atoms with E-state index in [1.165, 1.54) is 36.0 Å². The number of amides is 1. The highest BCUT2D eigenvalue weighted by Gasteiger charge is 2.18. The van der Waals surface area contributed by atoms with Crippen molar-refractivity contribution in [2.45, 2.75) is 16.6 Å². The summed E-state index contributed by atoms with van der Waals surface area (Å²) in [4.78, 5) is 12.4. The number of nitrogens with two attached hydrogens (primary N) is 1. The van der Waals surface area contributed by atoms with Gasteiger partial charge >= 0.3 is 0 Å². The first-order valence-corrected chi connectivity index (χ1v) is 12.0. The van der Waals surface area contributed by atoms with Crippen LogP contribution in [0.4, 0.5) is 5.69 Å². The summed E-state index contributed by atoms with van der Waals surface area (Å²) in [5.41, 5.74) is 1.52. The molecule has 0 saturated carbocycles. The van der Waals surface area contributed by atoms with Crippen molar-refractivity contribution >= 4 is 33.4 Å². The number of anilines is 1. The minimum Gasteiger partial charge on any atom is -0.461 e. The smallest absolute Gasteiger partial charge is 0.238 e. The zero-order valence-electron chi connectivity index (χ0n) is 16.7. The number of aromatic nitrogens is 3. The Balaban J connectivity index is 1.47. The highest BCUT2D eigenvalue weighted by Crippen LogP contribution is 2.25. The molecular formula is C21H19N5O4S2. The number of benzene rings is 2. The summed E-state index contributed by atoms with van der Waals surface area (Å²) in [6.45, 7) is 0.517. The summed E-state index contributed by atoms with van der Waals surface area (Å²) in [5, 5.41) is 16.9. The van der Waals surface area contributed by atoms with Gasteiger partial charge in [-0.15, -0.1) is 10.2 Å². The molecule has 0 atom stereocenters. The van der Waals surface area contributed by atoms with Gasteiger partial charge in [0.2, 0.25) is 21.8 Å². The molecule has 4 aromatic rings. The number of rotatable bonds is 8. The normalized spacial score (nSPS) is 11.4. The van der Waals surface area contributed by atoms with Crippen molar-refractivity contribution in [3.8, 4) is 11.6 Å². The van der Waals surface area contributed by atoms with Crippen LogP contribution in [0.15, 0.2) is 87.5 Å². The first-order chi connectivity index (χ1) is 15.4. The van der Waals surface area contributed by atoms with E-state index in [0.29, 0.717) is 29.0 Å². The lowest BCUT2D eigenvalue weighted by atomic mass is 10.2. The number of primary sulfonamides is 1. The molecule has 2 heterocycles. The molecule has 0 aliphatic rings. The monoisotopic (exact) mass is 469 g/mol. The van der Waals surface area contributed by atoms with E-state index in [1.807, 2.05) is 34.9 Å². The Hall–Kier alpha value is -3.41. The molecule has 0 radical (unpaired) electrons. The number of thioether (sulfide) groups is 1. The number of nitrogens with one attached hydrogen (secondary N) is 1. The van der Waals surface area contributed by atoms with E-state index in [1.54, 1.807) is 18.4 Å². The van der Waals surface area contributed by atoms with Crippen molar-refractivity contribution in [2.75, 3.05) is 11.1 Å². The average molecular weight is 470 g/mol. The van der Waals surface area contributed by atoms with E-state index in [4.69, 9.17) is 9.56 Å². The molecular weight excluding hydrogens is 450 g/mol. The predicted molar refractivity (Wildman–Crippen MR) is 120 cm³/mol. The number of hydrogen-bond acceptors (Lipinski definition) is 7. The maximum Gasteiger partial charge on any atom is 0.238 e. The van der Waals surface area contributed by atoms with Crippen molar-refractivity contribution in [3.05, 3.63) is 78.6 Å². The first-order valence-electron chi connectivity index (χ1n) is 9.47. The minimum atomic E-state index is -3.78. The maximum atomic E-state index is 12.4. The van der Waals surface area contributed by atoms with Crippen molar-refractivity contribution in [3.63, 3.8) is 0 Å². The van der Waals surface area contributed by atoms with Gasteiger partial charge in [0.1, 0.15) is 0 Å². The van der Waals surface area contributed by atoms with Gasteiger partial charge in [-0.1, -0.05) is 42.1 Å². The number of hydrogen-bond donors (Lipinski definition) is 2. The van der Waals surface area contributed by atoms with Crippen molar-refractivity contribution < 1.29 is 17.6 Å². The summed E-state index contributed by atoms with van der Waals surface area (Å²) < 4.78 is 30.1. The molecule has 11 heteroatoms. The van der Waals surface area contributed by atoms with E-state index in [-0.39, 0.29) is 16.6 Å². The van der Waals surface area contributed by atoms with Gasteiger partial charge in [0, 0.05) is 5.69 Å². The van der Waals surface area contributed by atoms with Gasteiger partial charge in [0.15, 0.2) is 10.9 Å². The number of nitrogens with zero attached hydrogens (tertiary/aromatic N) is 3. The van der Waals surface area contributed by atoms with Crippen LogP contribution >= 0.6 is 11.8 Å². The zero-order valence-corrected chi connectivity index (χ0v) is 18.3. The fourth-order valence-corrected chi connectivity index (χ4v) is 4.20. The van der Waals surface area contributed by atoms with Gasteiger partial charge in [0.25, 0.3) is 0 Å². The quantitative estimate of drug-likeness (QED) is 0.379. The van der Waals surface area contributed by atoms with Gasteiger partial charge in [-0.2, -0.15) is 0 Å². The van der Waals surface area contributed by atoms with Crippen molar-refractivity contribution in [1.29, 1.82) is 0 Å². The van der Waals surface area contributed by atoms with Crippen LogP contribution in [-0.2, 0) is 21.4 Å². The third-order valence-electron chi connectivity index (χ3n) is 4.44. The van der Waals surface area contributed by atoms with Crippen molar-refractivity contribution in [1.82, 2.24) is 14.8 Å². The van der Waals surface area contributed by atoms with Crippen LogP contribution in [0.1, 0.15) is 5.56 Å². The standard InChI is InChI=1S/C21H19N5O4S2/c22-32(28,29)17-10-8-16(9-11-17)23-19(27)14-31-21-25-24-20(18-7-4-12-30-18)26(21)13-15-5-2-1-3-6-15/h1-12H,13-14H2,(H,23,27)(H2,22,28,29). The molecule has 9 nitrogen and oxygen atoms in total. The Morgan fingerprint density at radius 3 is 2.44 bits per heavy atom. The second-order valence-corrected chi connectivity index (χ2v) is 9.27. The Kier molecular flexibility index (Phi) is 6.40. The van der Waals surface area contributed by atoms with E-state index >= 15 is 0 Å². The molecule has 0 aliphatic heterocycles. The molecule has 4 rings (SSSR count). The van der Waals surface area contributed by atoms with Crippen LogP contribution in [0, 0.1) is 0 Å². The number of furan rings is 1. The lowest BCUT2D eigenvalue weighted by Crippen LogP contribution is -2.15. The van der Waals surface area contributed by atoms with E-state index in [2.05, 4.69) is 15.5 Å². The molecule has 0 spiro atoms. The molecule has 0 saturated heterocycles. The molecule has 0 bridgehead atoms. The van der Waals surface area contributed by atoms with Crippen LogP contribution in [-0.4, -0.2) is 34.8 Å². The van der Waals surface area contributed by atoms with Crippen LogP contribution in [0.2, 0.25) is 0 Å². The average Bonchev–Trinajstić information content (AvgIpc) is 3.43. The lowest BCUT2D eigenvalue weighted by molar-refractivity contribution is -0.113. The molecule has 3 N–H and O–H groups in total. The summed E-state index contributed by atoms with van der Waals surface area (Å²) in [6.07, 6.45) is 1.57. The minimum absolute atomic E-state index is 0.0238. The summed E-state index contributed by atoms with van der Waals surface area (Å²) in [6, 6.07) is 19.1. The van der Waals surface area contributed by atoms with Crippen LogP contribution in [0.3, 0.4) is 0 Å². The van der Waals surface area contributed by atoms with E-state index < -0.39 is 10.0 Å². The van der Waals surface area contributed by atoms with E-state index in [0.717, 1.165) is 5.56 Å². The predicted octanol–water partition coefficient (Wildman–Crippen LogP) is 2.96. The molecule has 164 valence electrons. The second kappa shape index (κ2) is 9.39. The number of sulfonamides is 1. The lowest BCUT2D eigenvalue weighted by Gasteiger charge is -2.10. The van der Waals surface area contributed by atoms with Gasteiger partial charge in [-0.25, -0.2) is 13.6 Å². The Labute approximate surface area is 188 Å². The summed E-state index contributed by atoms with van der Waals surface area (Å²) in [7, 11) is -3.78. The van der Waals surface area contributed by atoms with Crippen LogP contribution in [0.5, 0.6) is 0 Å². The molecule has 32 heavy (non-hydrogen) atoms. The van der Waals surface area contributed by atoms with Gasteiger partial charge in [0.05, 0.1) is 23.5 Å². The van der Waals surface area contributed by atoms with Gasteiger partial charge < -0.3 is 9.73 Å². The largest absolute Gasteiger partial charge is 0.461 e. The topological polar surface area (TPSA) is 133 Å². The third-order valence-corrected chi connectivity index (χ3v) is 6.34. The maximum absolute atomic E-state index is 12.4. The second-order valence-electron chi connectivity index (χ2n) is 6.76. The first kappa shape index (κ1) is 21.8. The molecule has 0 unspecified atom stereocenters. The third kappa shape index (κ3) is 5.25.